The van der Waals surface area contributed by atoms with Gasteiger partial charge >= 0.3 is 12.6 Å². The number of aromatic nitrogens is 2. The monoisotopic (exact) mass is 492 g/mol. The van der Waals surface area contributed by atoms with Crippen LogP contribution >= 0.6 is 23.2 Å². The molecule has 0 saturated carbocycles. The van der Waals surface area contributed by atoms with Gasteiger partial charge in [0.15, 0.2) is 5.82 Å². The summed E-state index contributed by atoms with van der Waals surface area (Å²) in [4.78, 5) is 12.4. The van der Waals surface area contributed by atoms with Crippen molar-refractivity contribution in [2.75, 3.05) is 10.6 Å². The number of H-pyrrole nitrogens is 1. The number of nitrogens with one attached hydrogen (secondary N) is 3. The molecule has 1 aromatic heterocycles. The minimum absolute atomic E-state index is 0.0841. The molecule has 0 spiro atoms. The van der Waals surface area contributed by atoms with Crippen LogP contribution in [0, 0.1) is 0 Å². The summed E-state index contributed by atoms with van der Waals surface area (Å²) in [5.74, 6) is 0.608. The second-order valence-electron chi connectivity index (χ2n) is 6.77. The van der Waals surface area contributed by atoms with Gasteiger partial charge in [0.05, 0.1) is 21.2 Å². The Kier molecular flexibility index (Phi) is 6.81. The van der Waals surface area contributed by atoms with Gasteiger partial charge in [0, 0.05) is 5.39 Å². The second-order valence-corrected chi connectivity index (χ2v) is 7.58. The highest BCUT2D eigenvalue weighted by atomic mass is 35.5. The molecule has 0 aliphatic carbocycles. The molecule has 170 valence electrons. The number of rotatable bonds is 7. The van der Waals surface area contributed by atoms with Crippen molar-refractivity contribution in [2.24, 2.45) is 0 Å². The van der Waals surface area contributed by atoms with Crippen LogP contribution in [-0.4, -0.2) is 22.8 Å². The highest BCUT2D eigenvalue weighted by Crippen LogP contribution is 2.29. The molecule has 11 heteroatoms. The number of alkyl halides is 2. The molecule has 0 unspecified atom stereocenters. The number of carbonyl (C=O) groups is 1. The summed E-state index contributed by atoms with van der Waals surface area (Å²) >= 11 is 12.0. The zero-order valence-corrected chi connectivity index (χ0v) is 18.3. The first-order valence-electron chi connectivity index (χ1n) is 9.56. The minimum Gasteiger partial charge on any atom is -0.489 e. The van der Waals surface area contributed by atoms with E-state index in [1.807, 2.05) is 0 Å². The number of urea groups is 1. The van der Waals surface area contributed by atoms with Gasteiger partial charge in [-0.3, -0.25) is 10.4 Å². The SMILES string of the molecule is O=C(Nc1ccccc1OC(F)F)Nc1n[nH]c2ccc(OCc3ccc(Cl)c(Cl)c3)cc12. The van der Waals surface area contributed by atoms with Crippen LogP contribution in [0.2, 0.25) is 10.0 Å². The van der Waals surface area contributed by atoms with E-state index in [1.165, 1.54) is 18.2 Å². The van der Waals surface area contributed by atoms with Gasteiger partial charge in [-0.15, -0.1) is 0 Å². The maximum absolute atomic E-state index is 12.6. The average Bonchev–Trinajstić information content (AvgIpc) is 3.17. The number of anilines is 2. The number of halogens is 4. The highest BCUT2D eigenvalue weighted by Gasteiger charge is 2.14. The lowest BCUT2D eigenvalue weighted by Crippen LogP contribution is -2.20. The van der Waals surface area contributed by atoms with Gasteiger partial charge in [-0.2, -0.15) is 13.9 Å². The fourth-order valence-corrected chi connectivity index (χ4v) is 3.32. The molecular formula is C22H16Cl2F2N4O3. The van der Waals surface area contributed by atoms with E-state index < -0.39 is 12.6 Å². The van der Waals surface area contributed by atoms with Crippen molar-refractivity contribution in [3.63, 3.8) is 0 Å². The molecule has 4 rings (SSSR count). The smallest absolute Gasteiger partial charge is 0.387 e. The van der Waals surface area contributed by atoms with Gasteiger partial charge in [0.1, 0.15) is 18.1 Å². The first-order valence-corrected chi connectivity index (χ1v) is 10.3. The van der Waals surface area contributed by atoms with Gasteiger partial charge in [0.25, 0.3) is 0 Å². The Morgan fingerprint density at radius 2 is 1.85 bits per heavy atom. The highest BCUT2D eigenvalue weighted by molar-refractivity contribution is 6.42. The van der Waals surface area contributed by atoms with Gasteiger partial charge in [-0.1, -0.05) is 41.4 Å². The number of fused-ring (bicyclic) bond motifs is 1. The van der Waals surface area contributed by atoms with Gasteiger partial charge < -0.3 is 14.8 Å². The number of ether oxygens (including phenoxy) is 2. The summed E-state index contributed by atoms with van der Waals surface area (Å²) in [7, 11) is 0. The predicted molar refractivity (Wildman–Crippen MR) is 123 cm³/mol. The maximum Gasteiger partial charge on any atom is 0.387 e. The predicted octanol–water partition coefficient (Wildman–Crippen LogP) is 6.69. The number of hydrogen-bond donors (Lipinski definition) is 3. The zero-order valence-electron chi connectivity index (χ0n) is 16.7. The largest absolute Gasteiger partial charge is 0.489 e. The Bertz CT molecular complexity index is 1300. The van der Waals surface area contributed by atoms with E-state index in [0.717, 1.165) is 5.56 Å². The van der Waals surface area contributed by atoms with Crippen LogP contribution in [0.25, 0.3) is 10.9 Å². The Labute approximate surface area is 196 Å². The lowest BCUT2D eigenvalue weighted by atomic mass is 10.2. The van der Waals surface area contributed by atoms with Crippen LogP contribution in [-0.2, 0) is 6.61 Å². The van der Waals surface area contributed by atoms with E-state index in [9.17, 15) is 13.6 Å². The molecule has 0 atom stereocenters. The number of aromatic amines is 1. The van der Waals surface area contributed by atoms with Crippen molar-refractivity contribution in [3.05, 3.63) is 76.3 Å². The van der Waals surface area contributed by atoms with Crippen LogP contribution in [0.3, 0.4) is 0 Å². The topological polar surface area (TPSA) is 88.3 Å². The normalized spacial score (nSPS) is 10.9. The maximum atomic E-state index is 12.6. The number of hydrogen-bond acceptors (Lipinski definition) is 4. The van der Waals surface area contributed by atoms with Crippen LogP contribution in [0.5, 0.6) is 11.5 Å². The molecular weight excluding hydrogens is 477 g/mol. The fourth-order valence-electron chi connectivity index (χ4n) is 3.00. The number of carbonyl (C=O) groups excluding carboxylic acids is 1. The molecule has 3 N–H and O–H groups in total. The first kappa shape index (κ1) is 22.6. The molecule has 7 nitrogen and oxygen atoms in total. The molecule has 0 radical (unpaired) electrons. The van der Waals surface area contributed by atoms with Crippen LogP contribution in [0.15, 0.2) is 60.7 Å². The molecule has 1 heterocycles. The van der Waals surface area contributed by atoms with E-state index >= 15 is 0 Å². The number of benzene rings is 3. The minimum atomic E-state index is -3.02. The molecule has 0 aliphatic heterocycles. The summed E-state index contributed by atoms with van der Waals surface area (Å²) < 4.78 is 35.4. The van der Waals surface area contributed by atoms with E-state index in [-0.39, 0.29) is 23.9 Å². The number of para-hydroxylation sites is 2. The second kappa shape index (κ2) is 9.93. The van der Waals surface area contributed by atoms with Crippen LogP contribution < -0.4 is 20.1 Å². The lowest BCUT2D eigenvalue weighted by molar-refractivity contribution is -0.0493. The summed E-state index contributed by atoms with van der Waals surface area (Å²) in [6.07, 6.45) is 0. The van der Waals surface area contributed by atoms with E-state index in [1.54, 1.807) is 42.5 Å². The molecule has 33 heavy (non-hydrogen) atoms. The van der Waals surface area contributed by atoms with Crippen molar-refractivity contribution in [1.82, 2.24) is 10.2 Å². The van der Waals surface area contributed by atoms with Crippen molar-refractivity contribution in [3.8, 4) is 11.5 Å². The third kappa shape index (κ3) is 5.63. The van der Waals surface area contributed by atoms with Crippen molar-refractivity contribution < 1.29 is 23.0 Å². The van der Waals surface area contributed by atoms with Gasteiger partial charge in [0.2, 0.25) is 0 Å². The molecule has 0 aliphatic rings. The van der Waals surface area contributed by atoms with E-state index in [2.05, 4.69) is 25.6 Å². The lowest BCUT2D eigenvalue weighted by Gasteiger charge is -2.12. The number of nitrogens with zero attached hydrogens (tertiary/aromatic N) is 1. The Morgan fingerprint density at radius 1 is 1.03 bits per heavy atom. The zero-order chi connectivity index (χ0) is 23.4. The number of amides is 2. The Balaban J connectivity index is 1.46. The van der Waals surface area contributed by atoms with Crippen molar-refractivity contribution in [2.45, 2.75) is 13.2 Å². The third-order valence-corrected chi connectivity index (χ3v) is 5.25. The Morgan fingerprint density at radius 3 is 2.64 bits per heavy atom. The van der Waals surface area contributed by atoms with Crippen molar-refractivity contribution in [1.29, 1.82) is 0 Å². The summed E-state index contributed by atoms with van der Waals surface area (Å²) in [5, 5.41) is 13.4. The molecule has 2 amide bonds. The van der Waals surface area contributed by atoms with Gasteiger partial charge in [-0.25, -0.2) is 4.79 Å². The summed E-state index contributed by atoms with van der Waals surface area (Å²) in [6, 6.07) is 15.6. The van der Waals surface area contributed by atoms with E-state index in [0.29, 0.717) is 26.7 Å². The van der Waals surface area contributed by atoms with Crippen molar-refractivity contribution >= 4 is 51.6 Å². The molecule has 0 fully saturated rings. The fraction of sp³-hybridized carbons (Fsp3) is 0.0909. The van der Waals surface area contributed by atoms with Gasteiger partial charge in [-0.05, 0) is 48.0 Å². The first-order chi connectivity index (χ1) is 15.9. The average molecular weight is 493 g/mol. The third-order valence-electron chi connectivity index (χ3n) is 4.51. The molecule has 0 bridgehead atoms. The standard InChI is InChI=1S/C22H16Cl2F2N4O3/c23-15-7-5-12(9-16(15)24)11-32-13-6-8-17-14(10-13)20(30-29-17)28-22(31)27-18-3-1-2-4-19(18)33-21(25)26/h1-10,21H,11H2,(H3,27,28,29,30,31). The molecule has 4 aromatic rings. The van der Waals surface area contributed by atoms with Crippen LogP contribution in [0.4, 0.5) is 25.1 Å². The molecule has 0 saturated heterocycles. The summed E-state index contributed by atoms with van der Waals surface area (Å²) in [5.41, 5.74) is 1.58. The Hall–Kier alpha value is -3.56. The van der Waals surface area contributed by atoms with E-state index in [4.69, 9.17) is 27.9 Å². The quantitative estimate of drug-likeness (QED) is 0.268. The van der Waals surface area contributed by atoms with Crippen LogP contribution in [0.1, 0.15) is 5.56 Å². The molecule has 3 aromatic carbocycles. The summed E-state index contributed by atoms with van der Waals surface area (Å²) in [6.45, 7) is -2.77.